The summed E-state index contributed by atoms with van der Waals surface area (Å²) in [5.41, 5.74) is 2.90. The first-order valence-electron chi connectivity index (χ1n) is 22.9. The van der Waals surface area contributed by atoms with Gasteiger partial charge in [-0.2, -0.15) is 0 Å². The largest absolute Gasteiger partial charge is 0.507 e. The molecule has 5 amide bonds. The van der Waals surface area contributed by atoms with Crippen LogP contribution in [0.1, 0.15) is 126 Å². The minimum atomic E-state index is -0.723. The van der Waals surface area contributed by atoms with Gasteiger partial charge in [0.1, 0.15) is 23.7 Å². The summed E-state index contributed by atoms with van der Waals surface area (Å²) in [7, 11) is 0. The number of nitrogens with zero attached hydrogens (tertiary/aromatic N) is 4. The summed E-state index contributed by atoms with van der Waals surface area (Å²) in [4.78, 5) is 86.1. The number of allylic oxidation sites excluding steroid dienone is 1. The Balaban J connectivity index is 0.629. The van der Waals surface area contributed by atoms with E-state index in [1.807, 2.05) is 36.5 Å². The molecule has 16 nitrogen and oxygen atoms in total. The first-order chi connectivity index (χ1) is 31.2. The highest BCUT2D eigenvalue weighted by atomic mass is 16.6. The number of hydrogen-bond donors (Lipinski definition) is 5. The lowest BCUT2D eigenvalue weighted by atomic mass is 9.94. The second kappa shape index (κ2) is 20.5. The number of para-hydroxylation sites is 1. The number of piperazine rings is 1. The lowest BCUT2D eigenvalue weighted by molar-refractivity contribution is -0.137. The molecule has 338 valence electrons. The van der Waals surface area contributed by atoms with Crippen molar-refractivity contribution >= 4 is 46.8 Å². The average Bonchev–Trinajstić information content (AvgIpc) is 3.84. The van der Waals surface area contributed by atoms with E-state index in [1.165, 1.54) is 17.0 Å². The maximum atomic E-state index is 13.6. The topological polar surface area (TPSA) is 206 Å². The number of carbonyl (C=O) groups is 6. The van der Waals surface area contributed by atoms with Crippen molar-refractivity contribution in [2.75, 3.05) is 42.9 Å². The van der Waals surface area contributed by atoms with E-state index >= 15 is 0 Å². The number of unbranched alkanes of at least 4 members (excludes halogenated alkanes) is 7. The van der Waals surface area contributed by atoms with Gasteiger partial charge in [0.15, 0.2) is 12.0 Å². The van der Waals surface area contributed by atoms with Crippen LogP contribution in [0.5, 0.6) is 5.75 Å². The number of epoxide rings is 1. The molecule has 5 N–H and O–H groups in total. The third kappa shape index (κ3) is 10.4. The molecule has 5 aliphatic rings. The number of benzene rings is 2. The van der Waals surface area contributed by atoms with Gasteiger partial charge in [0.05, 0.1) is 16.7 Å². The van der Waals surface area contributed by atoms with Crippen LogP contribution in [-0.4, -0.2) is 112 Å². The van der Waals surface area contributed by atoms with Crippen LogP contribution < -0.4 is 26.2 Å². The Hall–Kier alpha value is -6.29. The van der Waals surface area contributed by atoms with E-state index in [1.54, 1.807) is 24.4 Å². The molecule has 0 saturated carbocycles. The Morgan fingerprint density at radius 3 is 2.36 bits per heavy atom. The number of carbonyl (C=O) groups excluding carboxylic acids is 6. The van der Waals surface area contributed by atoms with Gasteiger partial charge in [-0.3, -0.25) is 39.0 Å². The zero-order valence-electron chi connectivity index (χ0n) is 36.1. The van der Waals surface area contributed by atoms with E-state index in [-0.39, 0.29) is 71.8 Å². The Labute approximate surface area is 373 Å². The number of aromatic nitrogens is 1. The molecule has 0 aliphatic carbocycles. The van der Waals surface area contributed by atoms with Crippen molar-refractivity contribution in [3.05, 3.63) is 95.3 Å². The van der Waals surface area contributed by atoms with Crippen molar-refractivity contribution in [1.82, 2.24) is 30.7 Å². The number of likely N-dealkylation sites (tertiary alicyclic amines) is 1. The quantitative estimate of drug-likeness (QED) is 0.0299. The summed E-state index contributed by atoms with van der Waals surface area (Å²) in [6.45, 7) is 3.46. The molecule has 1 aromatic heterocycles. The number of amides is 5. The van der Waals surface area contributed by atoms with E-state index in [0.29, 0.717) is 37.2 Å². The third-order valence-electron chi connectivity index (χ3n) is 12.9. The van der Waals surface area contributed by atoms with Crippen LogP contribution in [0.25, 0.3) is 0 Å². The summed E-state index contributed by atoms with van der Waals surface area (Å²) < 4.78 is 5.83. The van der Waals surface area contributed by atoms with Gasteiger partial charge in [0.25, 0.3) is 11.8 Å². The van der Waals surface area contributed by atoms with Crippen LogP contribution in [0.4, 0.5) is 11.5 Å². The number of ketones is 1. The number of piperidine rings is 1. The molecule has 2 aromatic carbocycles. The van der Waals surface area contributed by atoms with E-state index < -0.39 is 18.2 Å². The molecule has 5 aliphatic heterocycles. The van der Waals surface area contributed by atoms with Gasteiger partial charge < -0.3 is 35.6 Å². The predicted octanol–water partition coefficient (Wildman–Crippen LogP) is 4.96. The summed E-state index contributed by atoms with van der Waals surface area (Å²) in [5.74, 6) is -0.506. The van der Waals surface area contributed by atoms with Crippen LogP contribution in [0.2, 0.25) is 0 Å². The Kier molecular flexibility index (Phi) is 14.2. The molecule has 8 rings (SSSR count). The summed E-state index contributed by atoms with van der Waals surface area (Å²) in [5, 5.41) is 21.7. The summed E-state index contributed by atoms with van der Waals surface area (Å²) in [6, 6.07) is 15.7. The molecule has 4 fully saturated rings. The standard InChI is InChI=1S/C48H58N8O8/c57-38-16-8-7-13-34(38)39(58)22-26-54-29-33-27-32(54)30-55(33)40-20-18-31(28-52-40)45(61)51-25-11-5-4-10-24-50-41(59)17-6-2-1-3-9-23-49-36-15-12-14-35-43(36)47(63)56(48-44(35)64-48)37-19-21-42(60)53-46(37)62/h7-8,12-16,18,20,22,26,28,32-33,37,44,48-49,57H,1-6,9-11,17,19,21,23-25,27,29-30H2,(H,50,59)(H,51,61)(H,53,60,62)/b26-22+/t32-,33-,37?,44?,48?/m1/s1. The number of phenolic OH excluding ortho intramolecular Hbond substituents is 1. The molecule has 3 unspecified atom stereocenters. The molecule has 16 heteroatoms. The highest BCUT2D eigenvalue weighted by molar-refractivity contribution is 6.08. The van der Waals surface area contributed by atoms with Gasteiger partial charge in [0, 0.05) is 87.4 Å². The van der Waals surface area contributed by atoms with E-state index in [9.17, 15) is 33.9 Å². The van der Waals surface area contributed by atoms with Crippen LogP contribution in [0.15, 0.2) is 73.1 Å². The van der Waals surface area contributed by atoms with E-state index in [4.69, 9.17) is 4.74 Å². The second-order valence-corrected chi connectivity index (χ2v) is 17.4. The predicted molar refractivity (Wildman–Crippen MR) is 238 cm³/mol. The number of pyridine rings is 1. The maximum Gasteiger partial charge on any atom is 0.259 e. The molecule has 6 heterocycles. The van der Waals surface area contributed by atoms with Gasteiger partial charge in [-0.05, 0) is 68.9 Å². The van der Waals surface area contributed by atoms with Crippen molar-refractivity contribution in [1.29, 1.82) is 0 Å². The van der Waals surface area contributed by atoms with Gasteiger partial charge in [-0.15, -0.1) is 0 Å². The second-order valence-electron chi connectivity index (χ2n) is 17.4. The molecule has 2 bridgehead atoms. The first kappa shape index (κ1) is 44.3. The molecule has 5 atom stereocenters. The fraction of sp³-hybridized carbons (Fsp3) is 0.479. The lowest BCUT2D eigenvalue weighted by Crippen LogP contribution is -2.56. The molecule has 3 aromatic rings. The molecule has 64 heavy (non-hydrogen) atoms. The number of hydrogen-bond acceptors (Lipinski definition) is 12. The van der Waals surface area contributed by atoms with Crippen LogP contribution in [0, 0.1) is 0 Å². The number of rotatable bonds is 22. The number of phenols is 1. The van der Waals surface area contributed by atoms with Crippen molar-refractivity contribution in [2.45, 2.75) is 114 Å². The summed E-state index contributed by atoms with van der Waals surface area (Å²) in [6.07, 6.45) is 14.6. The zero-order valence-corrected chi connectivity index (χ0v) is 36.1. The number of fused-ring (bicyclic) bond motifs is 5. The van der Waals surface area contributed by atoms with Gasteiger partial charge in [-0.1, -0.05) is 56.4 Å². The molecular weight excluding hydrogens is 817 g/mol. The van der Waals surface area contributed by atoms with Crippen LogP contribution in [-0.2, 0) is 19.1 Å². The monoisotopic (exact) mass is 874 g/mol. The molecule has 0 spiro atoms. The van der Waals surface area contributed by atoms with E-state index in [0.717, 1.165) is 94.4 Å². The average molecular weight is 875 g/mol. The molecule has 0 radical (unpaired) electrons. The Bertz CT molecular complexity index is 2250. The van der Waals surface area contributed by atoms with Gasteiger partial charge in [0.2, 0.25) is 17.7 Å². The maximum absolute atomic E-state index is 13.6. The number of anilines is 2. The minimum Gasteiger partial charge on any atom is -0.507 e. The Morgan fingerprint density at radius 2 is 1.61 bits per heavy atom. The van der Waals surface area contributed by atoms with Crippen molar-refractivity contribution in [2.24, 2.45) is 0 Å². The van der Waals surface area contributed by atoms with Crippen molar-refractivity contribution < 1.29 is 38.6 Å². The van der Waals surface area contributed by atoms with Gasteiger partial charge in [-0.25, -0.2) is 4.98 Å². The highest BCUT2D eigenvalue weighted by Crippen LogP contribution is 2.50. The third-order valence-corrected chi connectivity index (χ3v) is 12.9. The normalized spacial score (nSPS) is 22.0. The van der Waals surface area contributed by atoms with Crippen molar-refractivity contribution in [3.8, 4) is 5.75 Å². The fourth-order valence-corrected chi connectivity index (χ4v) is 9.42. The van der Waals surface area contributed by atoms with Crippen LogP contribution >= 0.6 is 0 Å². The first-order valence-corrected chi connectivity index (χ1v) is 22.9. The van der Waals surface area contributed by atoms with Crippen LogP contribution in [0.3, 0.4) is 0 Å². The zero-order chi connectivity index (χ0) is 44.6. The number of nitrogens with one attached hydrogen (secondary N) is 4. The Morgan fingerprint density at radius 1 is 0.844 bits per heavy atom. The molecular formula is C48H58N8O8. The number of ether oxygens (including phenoxy) is 1. The smallest absolute Gasteiger partial charge is 0.259 e. The fourth-order valence-electron chi connectivity index (χ4n) is 9.42. The summed E-state index contributed by atoms with van der Waals surface area (Å²) >= 11 is 0. The number of aromatic hydroxyl groups is 1. The minimum absolute atomic E-state index is 0.0217. The molecule has 4 saturated heterocycles. The lowest BCUT2D eigenvalue weighted by Gasteiger charge is -2.34. The van der Waals surface area contributed by atoms with Crippen molar-refractivity contribution in [3.63, 3.8) is 0 Å². The van der Waals surface area contributed by atoms with E-state index in [2.05, 4.69) is 36.1 Å². The number of imide groups is 1. The highest BCUT2D eigenvalue weighted by Gasteiger charge is 2.57. The SMILES string of the molecule is O=C(CCCCCCCNc1cccc2c1C(=O)N(C1CCC(=O)NC1=O)C1OC21)NCCCCCCNC(=O)c1ccc(N2C[C@H]3C[C@@H]2CN3/C=C/C(=O)c2ccccc2O)nc1. The van der Waals surface area contributed by atoms with Gasteiger partial charge >= 0.3 is 0 Å².